The van der Waals surface area contributed by atoms with Gasteiger partial charge in [0.2, 0.25) is 0 Å². The van der Waals surface area contributed by atoms with Gasteiger partial charge in [-0.3, -0.25) is 24.9 Å². The maximum absolute atomic E-state index is 4.35. The van der Waals surface area contributed by atoms with Crippen molar-refractivity contribution in [2.75, 3.05) is 0 Å². The Kier molecular flexibility index (Phi) is 34.5. The van der Waals surface area contributed by atoms with Crippen LogP contribution >= 0.6 is 0 Å². The van der Waals surface area contributed by atoms with Crippen LogP contribution in [-0.2, 0) is 0 Å². The van der Waals surface area contributed by atoms with Gasteiger partial charge in [0.25, 0.3) is 0 Å². The lowest BCUT2D eigenvalue weighted by molar-refractivity contribution is 1.20. The summed E-state index contributed by atoms with van der Waals surface area (Å²) in [4.78, 5) is 21.2. The fourth-order valence-electron chi connectivity index (χ4n) is 15.6. The maximum Gasteiger partial charge on any atom is 0.0704 e. The average Bonchev–Trinajstić information content (AvgIpc) is 0.800. The van der Waals surface area contributed by atoms with Crippen LogP contribution in [0, 0.1) is 62.3 Å². The van der Waals surface area contributed by atoms with Crippen molar-refractivity contribution in [3.63, 3.8) is 0 Å². The molecule has 0 saturated carbocycles. The Morgan fingerprint density at radius 1 is 0.148 bits per heavy atom. The Hall–Kier alpha value is -16.7. The second-order valence-electron chi connectivity index (χ2n) is 33.3. The molecule has 22 aromatic rings. The van der Waals surface area contributed by atoms with Crippen molar-refractivity contribution >= 4 is 32.3 Å². The number of hydrogen-bond acceptors (Lipinski definition) is 5. The monoisotopic (exact) mass is 1740 g/mol. The third kappa shape index (κ3) is 28.2. The lowest BCUT2D eigenvalue weighted by Gasteiger charge is -2.09. The number of pyridine rings is 5. The third-order valence-corrected chi connectivity index (χ3v) is 22.9. The van der Waals surface area contributed by atoms with Crippen LogP contribution in [0.1, 0.15) is 50.3 Å². The fourth-order valence-corrected chi connectivity index (χ4v) is 15.6. The van der Waals surface area contributed by atoms with Gasteiger partial charge in [0.1, 0.15) is 0 Å². The minimum Gasteiger partial charge on any atom is -0.264 e. The van der Waals surface area contributed by atoms with Gasteiger partial charge in [-0.15, -0.1) is 0 Å². The van der Waals surface area contributed by atoms with Crippen molar-refractivity contribution in [1.82, 2.24) is 24.9 Å². The highest BCUT2D eigenvalue weighted by Gasteiger charge is 2.09. The molecule has 0 spiro atoms. The first-order chi connectivity index (χ1) is 66.2. The van der Waals surface area contributed by atoms with Gasteiger partial charge < -0.3 is 0 Å². The first kappa shape index (κ1) is 94.4. The highest BCUT2D eigenvalue weighted by Crippen LogP contribution is 2.34. The largest absolute Gasteiger partial charge is 0.264 e. The lowest BCUT2D eigenvalue weighted by Crippen LogP contribution is -1.83. The van der Waals surface area contributed by atoms with Gasteiger partial charge in [-0.05, 0) is 249 Å². The Balaban J connectivity index is 0.000000122. The van der Waals surface area contributed by atoms with Crippen molar-refractivity contribution in [3.8, 4) is 112 Å². The number of fused-ring (bicyclic) bond motifs is 3. The summed E-state index contributed by atoms with van der Waals surface area (Å²) >= 11 is 0. The van der Waals surface area contributed by atoms with Gasteiger partial charge in [-0.25, -0.2) is 0 Å². The molecular weight excluding hydrogens is 1630 g/mol. The topological polar surface area (TPSA) is 64.5 Å². The highest BCUT2D eigenvalue weighted by molar-refractivity contribution is 5.99. The number of rotatable bonds is 10. The zero-order valence-electron chi connectivity index (χ0n) is 78.4. The summed E-state index contributed by atoms with van der Waals surface area (Å²) in [5.41, 5.74) is 35.5. The van der Waals surface area contributed by atoms with E-state index in [2.05, 4.69) is 424 Å². The van der Waals surface area contributed by atoms with Crippen LogP contribution in [0.5, 0.6) is 0 Å². The van der Waals surface area contributed by atoms with Crippen LogP contribution in [0.15, 0.2) is 522 Å². The zero-order valence-corrected chi connectivity index (χ0v) is 78.4. The molecule has 0 N–H and O–H groups in total. The van der Waals surface area contributed by atoms with E-state index in [1.54, 1.807) is 0 Å². The first-order valence-electron chi connectivity index (χ1n) is 45.9. The number of aryl methyl sites for hydroxylation is 9. The Morgan fingerprint density at radius 3 is 1.01 bits per heavy atom. The summed E-state index contributed by atoms with van der Waals surface area (Å²) in [6.07, 6.45) is 11.2. The molecule has 5 nitrogen and oxygen atoms in total. The van der Waals surface area contributed by atoms with E-state index in [9.17, 15) is 0 Å². The number of nitrogens with zero attached hydrogens (tertiary/aromatic N) is 5. The third-order valence-electron chi connectivity index (χ3n) is 22.9. The van der Waals surface area contributed by atoms with E-state index in [0.29, 0.717) is 0 Å². The molecule has 22 rings (SSSR count). The van der Waals surface area contributed by atoms with Gasteiger partial charge in [0, 0.05) is 70.8 Å². The molecule has 0 unspecified atom stereocenters. The molecule has 0 aliphatic heterocycles. The van der Waals surface area contributed by atoms with Gasteiger partial charge in [-0.2, -0.15) is 0 Å². The van der Waals surface area contributed by atoms with Gasteiger partial charge in [0.15, 0.2) is 0 Å². The van der Waals surface area contributed by atoms with Crippen LogP contribution in [0.3, 0.4) is 0 Å². The van der Waals surface area contributed by atoms with Crippen LogP contribution in [-0.4, -0.2) is 24.9 Å². The van der Waals surface area contributed by atoms with E-state index in [1.165, 1.54) is 171 Å². The number of aromatic nitrogens is 5. The Bertz CT molecular complexity index is 6990. The first-order valence-corrected chi connectivity index (χ1v) is 45.9. The minimum absolute atomic E-state index is 1.03. The summed E-state index contributed by atoms with van der Waals surface area (Å²) in [6.45, 7) is 18.7. The summed E-state index contributed by atoms with van der Waals surface area (Å²) in [5.74, 6) is 0. The molecule has 0 radical (unpaired) electrons. The van der Waals surface area contributed by atoms with E-state index >= 15 is 0 Å². The number of hydrogen-bond donors (Lipinski definition) is 0. The van der Waals surface area contributed by atoms with Crippen molar-refractivity contribution in [3.05, 3.63) is 573 Å². The van der Waals surface area contributed by atoms with Crippen molar-refractivity contribution in [2.45, 2.75) is 62.3 Å². The van der Waals surface area contributed by atoms with Crippen LogP contribution in [0.2, 0.25) is 0 Å². The molecule has 0 amide bonds. The fraction of sp³-hybridized carbons (Fsp3) is 0.0692. The van der Waals surface area contributed by atoms with Gasteiger partial charge in [0.05, 0.1) is 11.4 Å². The van der Waals surface area contributed by atoms with Crippen molar-refractivity contribution in [2.24, 2.45) is 0 Å². The molecule has 5 heteroatoms. The van der Waals surface area contributed by atoms with E-state index < -0.39 is 0 Å². The summed E-state index contributed by atoms with van der Waals surface area (Å²) in [6, 6.07) is 169. The van der Waals surface area contributed by atoms with Crippen molar-refractivity contribution in [1.29, 1.82) is 0 Å². The van der Waals surface area contributed by atoms with E-state index in [0.717, 1.165) is 22.8 Å². The molecule has 0 aliphatic rings. The quantitative estimate of drug-likeness (QED) is 0.137. The predicted molar refractivity (Wildman–Crippen MR) is 576 cm³/mol. The summed E-state index contributed by atoms with van der Waals surface area (Å²) in [7, 11) is 0. The van der Waals surface area contributed by atoms with E-state index in [-0.39, 0.29) is 0 Å². The second kappa shape index (κ2) is 49.3. The molecule has 135 heavy (non-hydrogen) atoms. The lowest BCUT2D eigenvalue weighted by atomic mass is 9.96. The maximum atomic E-state index is 4.35. The van der Waals surface area contributed by atoms with Gasteiger partial charge in [-0.1, -0.05) is 448 Å². The number of benzene rings is 17. The SMILES string of the molecule is Cc1cc(-c2ccccc2)ccn1.Cc1ccc(-c2ccc(-c3ccccc3)cc2)cc1.Cc1ccc(-c2ccccc2)c2ccccc12.Cc1ccc(-c2ccccc2)cn1.Cc1ccc(-c2ccccc2)nc1.Cc1ccc2cc(-c3ccccc3)ccc2c1.Cc1cccc2c(-c3ccccc3)cccc12.Cc1ccnc(-c2ccccc2)c1.Cc1cncc(-c2ccccc2)c1. The minimum atomic E-state index is 1.03. The molecule has 5 aromatic heterocycles. The molecule has 658 valence electrons. The highest BCUT2D eigenvalue weighted by atomic mass is 14.7. The Labute approximate surface area is 798 Å². The molecule has 0 atom stereocenters. The second-order valence-corrected chi connectivity index (χ2v) is 33.3. The Morgan fingerprint density at radius 2 is 0.519 bits per heavy atom. The molecule has 5 heterocycles. The predicted octanol–water partition coefficient (Wildman–Crippen LogP) is 35.1. The molecule has 0 fully saturated rings. The van der Waals surface area contributed by atoms with E-state index in [4.69, 9.17) is 0 Å². The average molecular weight is 1750 g/mol. The zero-order chi connectivity index (χ0) is 93.6. The van der Waals surface area contributed by atoms with Crippen LogP contribution in [0.4, 0.5) is 0 Å². The van der Waals surface area contributed by atoms with Crippen LogP contribution < -0.4 is 0 Å². The summed E-state index contributed by atoms with van der Waals surface area (Å²) in [5, 5.41) is 7.96. The molecule has 0 saturated heterocycles. The van der Waals surface area contributed by atoms with Gasteiger partial charge >= 0.3 is 0 Å². The van der Waals surface area contributed by atoms with Crippen LogP contribution in [0.25, 0.3) is 144 Å². The standard InChI is InChI=1S/C19H16.3C17H14.5C12H11N/c1-15-7-9-17(10-8-15)19-13-11-18(12-14-19)16-5-3-2-4-6-16;1-13-7-5-12-17-15(13)10-6-11-16(17)14-8-3-2-4-9-14;1-13-11-12-16(14-7-3-2-4-8-14)17-10-6-5-9-15(13)17;1-13-7-8-17-12-16(10-9-15(17)11-13)14-5-3-2-4-6-14;1-10-7-12(9-13-8-10)11-5-3-2-4-6-11;1-10-9-12(7-8-13-10)11-5-3-2-4-6-11;1-10-7-8-12(9-13-10)11-5-3-2-4-6-11;1-10-7-8-13-12(9-10)11-5-3-2-4-6-11;1-10-7-8-12(13-9-10)11-5-3-2-4-6-11/h2-14H,1H3;3*2-12H,1H3;5*2-9H,1H3. The van der Waals surface area contributed by atoms with Crippen molar-refractivity contribution < 1.29 is 0 Å². The molecule has 0 bridgehead atoms. The molecule has 0 aliphatic carbocycles. The molecule has 17 aromatic carbocycles. The summed E-state index contributed by atoms with van der Waals surface area (Å²) < 4.78 is 0. The normalized spacial score (nSPS) is 10.3. The molecular formula is C130H113N5. The smallest absolute Gasteiger partial charge is 0.0704 e. The van der Waals surface area contributed by atoms with E-state index in [1.807, 2.05) is 185 Å².